The van der Waals surface area contributed by atoms with E-state index in [0.717, 1.165) is 11.6 Å². The van der Waals surface area contributed by atoms with Crippen LogP contribution in [0.4, 0.5) is 0 Å². The zero-order valence-electron chi connectivity index (χ0n) is 8.78. The van der Waals surface area contributed by atoms with Crippen LogP contribution in [0.2, 0.25) is 5.02 Å². The molecule has 16 heavy (non-hydrogen) atoms. The molecule has 2 aromatic carbocycles. The maximum Gasteiger partial charge on any atom is 0.0582 e. The Labute approximate surface area is 100 Å². The molecule has 0 bridgehead atoms. The highest BCUT2D eigenvalue weighted by Gasteiger charge is 2.22. The molecule has 0 saturated carbocycles. The van der Waals surface area contributed by atoms with E-state index in [4.69, 9.17) is 11.6 Å². The number of hydrogen-bond donors (Lipinski definition) is 1. The molecule has 1 N–H and O–H groups in total. The minimum Gasteiger partial charge on any atom is -0.302 e. The third-order valence-corrected chi connectivity index (χ3v) is 3.28. The van der Waals surface area contributed by atoms with Crippen molar-refractivity contribution in [3.63, 3.8) is 0 Å². The summed E-state index contributed by atoms with van der Waals surface area (Å²) in [6.07, 6.45) is 0. The Morgan fingerprint density at radius 1 is 1.06 bits per heavy atom. The molecule has 3 rings (SSSR count). The lowest BCUT2D eigenvalue weighted by Crippen LogP contribution is -2.12. The molecule has 0 aromatic heterocycles. The van der Waals surface area contributed by atoms with Gasteiger partial charge in [0.2, 0.25) is 0 Å². The predicted octanol–water partition coefficient (Wildman–Crippen LogP) is 3.53. The van der Waals surface area contributed by atoms with Crippen molar-refractivity contribution in [2.75, 3.05) is 0 Å². The van der Waals surface area contributed by atoms with Crippen LogP contribution < -0.4 is 5.32 Å². The summed E-state index contributed by atoms with van der Waals surface area (Å²) in [6, 6.07) is 16.9. The van der Waals surface area contributed by atoms with E-state index in [1.54, 1.807) is 0 Å². The Balaban J connectivity index is 2.04. The van der Waals surface area contributed by atoms with Crippen LogP contribution in [0, 0.1) is 0 Å². The Hall–Kier alpha value is -1.31. The Morgan fingerprint density at radius 3 is 2.69 bits per heavy atom. The van der Waals surface area contributed by atoms with E-state index in [2.05, 4.69) is 35.6 Å². The molecule has 1 nitrogen and oxygen atoms in total. The smallest absolute Gasteiger partial charge is 0.0582 e. The molecular formula is C14H12ClN. The summed E-state index contributed by atoms with van der Waals surface area (Å²) in [5.74, 6) is 0. The summed E-state index contributed by atoms with van der Waals surface area (Å²) < 4.78 is 0. The van der Waals surface area contributed by atoms with Gasteiger partial charge in [0, 0.05) is 11.6 Å². The van der Waals surface area contributed by atoms with Crippen LogP contribution in [0.1, 0.15) is 22.7 Å². The topological polar surface area (TPSA) is 12.0 Å². The minimum atomic E-state index is 0.313. The van der Waals surface area contributed by atoms with Gasteiger partial charge in [0.25, 0.3) is 0 Å². The number of fused-ring (bicyclic) bond motifs is 1. The van der Waals surface area contributed by atoms with Gasteiger partial charge in [-0.3, -0.25) is 0 Å². The molecule has 1 aliphatic heterocycles. The van der Waals surface area contributed by atoms with Gasteiger partial charge in [0.05, 0.1) is 6.04 Å². The lowest BCUT2D eigenvalue weighted by Gasteiger charge is -2.12. The zero-order chi connectivity index (χ0) is 11.0. The number of hydrogen-bond acceptors (Lipinski definition) is 1. The molecule has 0 spiro atoms. The fourth-order valence-electron chi connectivity index (χ4n) is 2.27. The maximum atomic E-state index is 5.99. The van der Waals surface area contributed by atoms with Crippen LogP contribution in [-0.4, -0.2) is 0 Å². The predicted molar refractivity (Wildman–Crippen MR) is 66.6 cm³/mol. The molecule has 0 fully saturated rings. The molecule has 0 radical (unpaired) electrons. The molecule has 0 amide bonds. The number of benzene rings is 2. The summed E-state index contributed by atoms with van der Waals surface area (Å²) in [7, 11) is 0. The third-order valence-electron chi connectivity index (χ3n) is 3.05. The zero-order valence-corrected chi connectivity index (χ0v) is 9.54. The Kier molecular flexibility index (Phi) is 2.43. The molecular weight excluding hydrogens is 218 g/mol. The molecule has 1 aliphatic rings. The molecule has 0 saturated heterocycles. The molecule has 1 unspecified atom stereocenters. The quantitative estimate of drug-likeness (QED) is 0.789. The van der Waals surface area contributed by atoms with E-state index in [1.165, 1.54) is 16.7 Å². The summed E-state index contributed by atoms with van der Waals surface area (Å²) in [5.41, 5.74) is 3.96. The van der Waals surface area contributed by atoms with Gasteiger partial charge in [-0.05, 0) is 28.8 Å². The largest absolute Gasteiger partial charge is 0.302 e. The second kappa shape index (κ2) is 3.93. The first-order valence-electron chi connectivity index (χ1n) is 5.41. The van der Waals surface area contributed by atoms with Gasteiger partial charge in [-0.1, -0.05) is 48.0 Å². The number of nitrogens with one attached hydrogen (secondary N) is 1. The van der Waals surface area contributed by atoms with Crippen LogP contribution in [0.5, 0.6) is 0 Å². The summed E-state index contributed by atoms with van der Waals surface area (Å²) in [5, 5.41) is 4.32. The van der Waals surface area contributed by atoms with Crippen molar-refractivity contribution >= 4 is 11.6 Å². The van der Waals surface area contributed by atoms with Gasteiger partial charge in [-0.2, -0.15) is 0 Å². The molecule has 1 heterocycles. The fraction of sp³-hybridized carbons (Fsp3) is 0.143. The fourth-order valence-corrected chi connectivity index (χ4v) is 2.47. The third kappa shape index (κ3) is 1.62. The Morgan fingerprint density at radius 2 is 1.88 bits per heavy atom. The highest BCUT2D eigenvalue weighted by Crippen LogP contribution is 2.32. The van der Waals surface area contributed by atoms with Gasteiger partial charge < -0.3 is 5.32 Å². The molecule has 2 heteroatoms. The van der Waals surface area contributed by atoms with Crippen molar-refractivity contribution < 1.29 is 0 Å². The highest BCUT2D eigenvalue weighted by molar-refractivity contribution is 6.30. The Bertz CT molecular complexity index is 507. The summed E-state index contributed by atoms with van der Waals surface area (Å²) in [4.78, 5) is 0. The molecule has 2 aromatic rings. The van der Waals surface area contributed by atoms with E-state index in [1.807, 2.05) is 18.2 Å². The number of rotatable bonds is 1. The van der Waals surface area contributed by atoms with Gasteiger partial charge in [-0.15, -0.1) is 0 Å². The first kappa shape index (κ1) is 9.88. The minimum absolute atomic E-state index is 0.313. The van der Waals surface area contributed by atoms with E-state index in [9.17, 15) is 0 Å². The highest BCUT2D eigenvalue weighted by atomic mass is 35.5. The second-order valence-corrected chi connectivity index (χ2v) is 4.50. The molecule has 1 atom stereocenters. The van der Waals surface area contributed by atoms with E-state index >= 15 is 0 Å². The van der Waals surface area contributed by atoms with Crippen molar-refractivity contribution in [1.82, 2.24) is 5.32 Å². The van der Waals surface area contributed by atoms with Crippen LogP contribution in [-0.2, 0) is 6.54 Å². The molecule has 80 valence electrons. The van der Waals surface area contributed by atoms with Crippen molar-refractivity contribution in [3.05, 3.63) is 70.2 Å². The van der Waals surface area contributed by atoms with Crippen molar-refractivity contribution in [1.29, 1.82) is 0 Å². The van der Waals surface area contributed by atoms with Crippen molar-refractivity contribution in [2.45, 2.75) is 12.6 Å². The monoisotopic (exact) mass is 229 g/mol. The van der Waals surface area contributed by atoms with Crippen LogP contribution >= 0.6 is 11.6 Å². The average molecular weight is 230 g/mol. The average Bonchev–Trinajstić information content (AvgIpc) is 2.73. The van der Waals surface area contributed by atoms with E-state index < -0.39 is 0 Å². The summed E-state index contributed by atoms with van der Waals surface area (Å²) >= 11 is 5.99. The summed E-state index contributed by atoms with van der Waals surface area (Å²) in [6.45, 7) is 0.898. The van der Waals surface area contributed by atoms with Gasteiger partial charge in [0.1, 0.15) is 0 Å². The van der Waals surface area contributed by atoms with Gasteiger partial charge in [-0.25, -0.2) is 0 Å². The molecule has 0 aliphatic carbocycles. The lowest BCUT2D eigenvalue weighted by atomic mass is 9.99. The first-order chi connectivity index (χ1) is 7.84. The van der Waals surface area contributed by atoms with Gasteiger partial charge in [0.15, 0.2) is 0 Å². The van der Waals surface area contributed by atoms with Crippen molar-refractivity contribution in [2.24, 2.45) is 0 Å². The SMILES string of the molecule is Clc1ccc2c(c1)CNC2c1ccccc1. The standard InChI is InChI=1S/C14H12ClN/c15-12-6-7-13-11(8-12)9-16-14(13)10-4-2-1-3-5-10/h1-8,14,16H,9H2. The van der Waals surface area contributed by atoms with Crippen LogP contribution in [0.25, 0.3) is 0 Å². The maximum absolute atomic E-state index is 5.99. The van der Waals surface area contributed by atoms with Crippen LogP contribution in [0.15, 0.2) is 48.5 Å². The normalized spacial score (nSPS) is 18.4. The number of halogens is 1. The second-order valence-electron chi connectivity index (χ2n) is 4.07. The van der Waals surface area contributed by atoms with Crippen LogP contribution in [0.3, 0.4) is 0 Å². The lowest BCUT2D eigenvalue weighted by molar-refractivity contribution is 0.667. The van der Waals surface area contributed by atoms with E-state index in [-0.39, 0.29) is 0 Å². The first-order valence-corrected chi connectivity index (χ1v) is 5.79. The van der Waals surface area contributed by atoms with Gasteiger partial charge >= 0.3 is 0 Å². The van der Waals surface area contributed by atoms with E-state index in [0.29, 0.717) is 6.04 Å². The van der Waals surface area contributed by atoms with Crippen molar-refractivity contribution in [3.8, 4) is 0 Å².